The van der Waals surface area contributed by atoms with Crippen LogP contribution < -0.4 is 4.90 Å². The zero-order valence-electron chi connectivity index (χ0n) is 15.9. The van der Waals surface area contributed by atoms with E-state index in [-0.39, 0.29) is 35.9 Å². The summed E-state index contributed by atoms with van der Waals surface area (Å²) in [6.07, 6.45) is 2.28. The summed E-state index contributed by atoms with van der Waals surface area (Å²) < 4.78 is 9.95. The molecule has 0 aliphatic carbocycles. The van der Waals surface area contributed by atoms with Gasteiger partial charge in [0.15, 0.2) is 6.61 Å². The van der Waals surface area contributed by atoms with Crippen LogP contribution in [0.1, 0.15) is 36.0 Å². The topological polar surface area (TPSA) is 93.2 Å². The molecule has 0 radical (unpaired) electrons. The van der Waals surface area contributed by atoms with Gasteiger partial charge in [-0.1, -0.05) is 12.1 Å². The van der Waals surface area contributed by atoms with Gasteiger partial charge in [-0.05, 0) is 31.4 Å². The summed E-state index contributed by atoms with van der Waals surface area (Å²) >= 11 is 0. The van der Waals surface area contributed by atoms with E-state index >= 15 is 0 Å². The Labute approximate surface area is 163 Å². The lowest BCUT2D eigenvalue weighted by atomic mass is 9.97. The predicted molar refractivity (Wildman–Crippen MR) is 99.6 cm³/mol. The molecule has 2 aliphatic rings. The second kappa shape index (κ2) is 8.86. The second-order valence-corrected chi connectivity index (χ2v) is 6.92. The van der Waals surface area contributed by atoms with Gasteiger partial charge in [0, 0.05) is 26.1 Å². The molecule has 0 N–H and O–H groups in total. The van der Waals surface area contributed by atoms with Crippen LogP contribution in [0.3, 0.4) is 0 Å². The third kappa shape index (κ3) is 4.32. The lowest BCUT2D eigenvalue weighted by molar-refractivity contribution is -0.149. The average molecular weight is 388 g/mol. The van der Waals surface area contributed by atoms with Gasteiger partial charge >= 0.3 is 11.9 Å². The summed E-state index contributed by atoms with van der Waals surface area (Å²) in [5, 5.41) is 0. The monoisotopic (exact) mass is 388 g/mol. The third-order valence-corrected chi connectivity index (χ3v) is 5.20. The lowest BCUT2D eigenvalue weighted by Crippen LogP contribution is -2.42. The zero-order valence-corrected chi connectivity index (χ0v) is 15.9. The van der Waals surface area contributed by atoms with Gasteiger partial charge in [0.25, 0.3) is 5.91 Å². The fraction of sp³-hybridized carbons (Fsp3) is 0.500. The molecule has 3 rings (SSSR count). The number of piperidine rings is 1. The van der Waals surface area contributed by atoms with E-state index in [1.54, 1.807) is 34.1 Å². The van der Waals surface area contributed by atoms with Crippen molar-refractivity contribution < 1.29 is 28.7 Å². The van der Waals surface area contributed by atoms with Crippen LogP contribution in [0.5, 0.6) is 0 Å². The Morgan fingerprint density at radius 2 is 1.82 bits per heavy atom. The number of nitrogens with zero attached hydrogens (tertiary/aromatic N) is 2. The molecule has 8 nitrogen and oxygen atoms in total. The Bertz CT molecular complexity index is 770. The molecule has 0 saturated carbocycles. The number of likely N-dealkylation sites (tertiary alicyclic amines) is 1. The van der Waals surface area contributed by atoms with Gasteiger partial charge in [-0.25, -0.2) is 4.79 Å². The summed E-state index contributed by atoms with van der Waals surface area (Å²) in [4.78, 5) is 51.6. The highest BCUT2D eigenvalue weighted by molar-refractivity contribution is 6.03. The smallest absolute Gasteiger partial charge is 0.340 e. The van der Waals surface area contributed by atoms with E-state index in [9.17, 15) is 19.2 Å². The summed E-state index contributed by atoms with van der Waals surface area (Å²) in [5.41, 5.74) is 0.788. The molecular formula is C20H24N2O6. The van der Waals surface area contributed by atoms with E-state index in [0.29, 0.717) is 44.6 Å². The Kier molecular flexibility index (Phi) is 6.28. The molecule has 150 valence electrons. The first-order chi connectivity index (χ1) is 13.5. The summed E-state index contributed by atoms with van der Waals surface area (Å²) in [6, 6.07) is 6.75. The van der Waals surface area contributed by atoms with Crippen LogP contribution in [-0.2, 0) is 23.9 Å². The predicted octanol–water partition coefficient (Wildman–Crippen LogP) is 1.38. The number of esters is 2. The Hall–Kier alpha value is -2.90. The summed E-state index contributed by atoms with van der Waals surface area (Å²) in [6.45, 7) is 1.05. The van der Waals surface area contributed by atoms with Crippen molar-refractivity contribution >= 4 is 29.4 Å². The molecule has 8 heteroatoms. The first kappa shape index (κ1) is 19.9. The van der Waals surface area contributed by atoms with Gasteiger partial charge in [-0.2, -0.15) is 0 Å². The number of benzene rings is 1. The molecule has 1 aromatic carbocycles. The van der Waals surface area contributed by atoms with Crippen molar-refractivity contribution in [3.8, 4) is 0 Å². The van der Waals surface area contributed by atoms with Crippen molar-refractivity contribution in [1.29, 1.82) is 0 Å². The molecule has 2 aliphatic heterocycles. The molecule has 28 heavy (non-hydrogen) atoms. The van der Waals surface area contributed by atoms with Crippen molar-refractivity contribution in [3.63, 3.8) is 0 Å². The zero-order chi connectivity index (χ0) is 20.1. The maximum absolute atomic E-state index is 12.5. The van der Waals surface area contributed by atoms with E-state index in [0.717, 1.165) is 6.42 Å². The number of rotatable bonds is 5. The van der Waals surface area contributed by atoms with Crippen LogP contribution in [-0.4, -0.2) is 62.0 Å². The number of hydrogen-bond acceptors (Lipinski definition) is 6. The quantitative estimate of drug-likeness (QED) is 0.708. The van der Waals surface area contributed by atoms with Gasteiger partial charge in [-0.15, -0.1) is 0 Å². The van der Waals surface area contributed by atoms with Gasteiger partial charge in [0.05, 0.1) is 24.3 Å². The van der Waals surface area contributed by atoms with E-state index in [1.807, 2.05) is 0 Å². The SMILES string of the molecule is COC(=O)C1CCN(C(=O)COC(=O)c2ccccc2N2CCCC2=O)CC1. The Morgan fingerprint density at radius 1 is 1.11 bits per heavy atom. The van der Waals surface area contributed by atoms with Gasteiger partial charge in [-0.3, -0.25) is 14.4 Å². The fourth-order valence-electron chi connectivity index (χ4n) is 3.61. The largest absolute Gasteiger partial charge is 0.469 e. The third-order valence-electron chi connectivity index (χ3n) is 5.20. The molecule has 2 heterocycles. The van der Waals surface area contributed by atoms with E-state index in [1.165, 1.54) is 7.11 Å². The average Bonchev–Trinajstić information content (AvgIpc) is 3.17. The molecule has 0 spiro atoms. The van der Waals surface area contributed by atoms with Gasteiger partial charge < -0.3 is 19.3 Å². The first-order valence-electron chi connectivity index (χ1n) is 9.43. The van der Waals surface area contributed by atoms with Crippen LogP contribution >= 0.6 is 0 Å². The highest BCUT2D eigenvalue weighted by Gasteiger charge is 2.29. The van der Waals surface area contributed by atoms with Crippen LogP contribution in [0.4, 0.5) is 5.69 Å². The molecule has 0 unspecified atom stereocenters. The minimum absolute atomic E-state index is 0.0233. The number of ether oxygens (including phenoxy) is 2. The van der Waals surface area contributed by atoms with Crippen molar-refractivity contribution in [2.24, 2.45) is 5.92 Å². The Balaban J connectivity index is 1.56. The van der Waals surface area contributed by atoms with E-state index < -0.39 is 5.97 Å². The molecule has 1 aromatic rings. The molecule has 2 fully saturated rings. The second-order valence-electron chi connectivity index (χ2n) is 6.92. The first-order valence-corrected chi connectivity index (χ1v) is 9.43. The van der Waals surface area contributed by atoms with Crippen molar-refractivity contribution in [3.05, 3.63) is 29.8 Å². The van der Waals surface area contributed by atoms with Crippen LogP contribution in [0.2, 0.25) is 0 Å². The number of para-hydroxylation sites is 1. The van der Waals surface area contributed by atoms with Crippen molar-refractivity contribution in [2.75, 3.05) is 38.3 Å². The number of carbonyl (C=O) groups is 4. The molecule has 0 atom stereocenters. The van der Waals surface area contributed by atoms with Crippen LogP contribution in [0.25, 0.3) is 0 Å². The van der Waals surface area contributed by atoms with Crippen LogP contribution in [0.15, 0.2) is 24.3 Å². The lowest BCUT2D eigenvalue weighted by Gasteiger charge is -2.30. The molecule has 0 bridgehead atoms. The molecule has 0 aromatic heterocycles. The van der Waals surface area contributed by atoms with E-state index in [4.69, 9.17) is 9.47 Å². The minimum atomic E-state index is -0.631. The highest BCUT2D eigenvalue weighted by Crippen LogP contribution is 2.26. The molecule has 2 saturated heterocycles. The number of anilines is 1. The van der Waals surface area contributed by atoms with Crippen molar-refractivity contribution in [2.45, 2.75) is 25.7 Å². The van der Waals surface area contributed by atoms with Crippen LogP contribution in [0, 0.1) is 5.92 Å². The number of amides is 2. The number of methoxy groups -OCH3 is 1. The molecule has 2 amide bonds. The summed E-state index contributed by atoms with van der Waals surface area (Å²) in [5.74, 6) is -1.41. The Morgan fingerprint density at radius 3 is 2.46 bits per heavy atom. The number of hydrogen-bond donors (Lipinski definition) is 0. The van der Waals surface area contributed by atoms with Gasteiger partial charge in [0.2, 0.25) is 5.91 Å². The summed E-state index contributed by atoms with van der Waals surface area (Å²) in [7, 11) is 1.35. The highest BCUT2D eigenvalue weighted by atomic mass is 16.5. The standard InChI is InChI=1S/C20H24N2O6/c1-27-19(25)14-8-11-21(12-9-14)18(24)13-28-20(26)15-5-2-3-6-16(15)22-10-4-7-17(22)23/h2-3,5-6,14H,4,7-13H2,1H3. The van der Waals surface area contributed by atoms with E-state index in [2.05, 4.69) is 0 Å². The fourth-order valence-corrected chi connectivity index (χ4v) is 3.61. The normalized spacial score (nSPS) is 17.5. The number of carbonyl (C=O) groups excluding carboxylic acids is 4. The molecular weight excluding hydrogens is 364 g/mol. The maximum atomic E-state index is 12.5. The van der Waals surface area contributed by atoms with Gasteiger partial charge in [0.1, 0.15) is 0 Å². The maximum Gasteiger partial charge on any atom is 0.340 e. The van der Waals surface area contributed by atoms with Crippen molar-refractivity contribution in [1.82, 2.24) is 4.90 Å². The minimum Gasteiger partial charge on any atom is -0.469 e.